The number of ether oxygens (including phenoxy) is 1. The van der Waals surface area contributed by atoms with Crippen molar-refractivity contribution in [2.24, 2.45) is 9.98 Å². The predicted octanol–water partition coefficient (Wildman–Crippen LogP) is 3.80. The molecule has 40 heavy (non-hydrogen) atoms. The molecule has 10 heteroatoms. The number of fused-ring (bicyclic) bond motifs is 3. The molecule has 5 rings (SSSR count). The summed E-state index contributed by atoms with van der Waals surface area (Å²) in [6.45, 7) is 0.748. The molecule has 0 spiro atoms. The van der Waals surface area contributed by atoms with Gasteiger partial charge in [0, 0.05) is 30.6 Å². The number of methoxy groups -OCH3 is 1. The fourth-order valence-electron chi connectivity index (χ4n) is 4.55. The van der Waals surface area contributed by atoms with Gasteiger partial charge in [0.1, 0.15) is 17.6 Å². The van der Waals surface area contributed by atoms with Crippen LogP contribution in [0.2, 0.25) is 0 Å². The standard InChI is InChI=1S/C30H29N5O4S/c1-39-25-14-8-5-11-21(25)18-32-26(36)16-15-24-29(38)34-28-22-12-6-7-13-23(22)33-30(35(24)28)40-19-27(37)31-17-20-9-3-2-4-10-20/h2-14,24H,15-19H2,1H3,(H,31,37)(H,32,36). The number of rotatable bonds is 10. The Hall–Kier alpha value is -4.44. The van der Waals surface area contributed by atoms with Crippen LogP contribution >= 0.6 is 11.8 Å². The number of carbonyl (C=O) groups is 3. The summed E-state index contributed by atoms with van der Waals surface area (Å²) in [5.41, 5.74) is 3.31. The van der Waals surface area contributed by atoms with Gasteiger partial charge in [-0.3, -0.25) is 19.3 Å². The lowest BCUT2D eigenvalue weighted by Gasteiger charge is -2.31. The zero-order valence-corrected chi connectivity index (χ0v) is 22.8. The first-order valence-electron chi connectivity index (χ1n) is 13.0. The SMILES string of the molecule is COc1ccccc1CNC(=O)CCC1C(=O)N=C2c3ccccc3N=C(SCC(=O)NCc3ccccc3)N21. The van der Waals surface area contributed by atoms with E-state index in [1.165, 1.54) is 11.8 Å². The fourth-order valence-corrected chi connectivity index (χ4v) is 5.43. The molecule has 2 heterocycles. The molecule has 3 amide bonds. The van der Waals surface area contributed by atoms with Crippen LogP contribution in [-0.2, 0) is 27.5 Å². The van der Waals surface area contributed by atoms with Crippen LogP contribution in [0.15, 0.2) is 88.8 Å². The predicted molar refractivity (Wildman–Crippen MR) is 156 cm³/mol. The summed E-state index contributed by atoms with van der Waals surface area (Å²) in [6, 6.07) is 23.9. The number of aliphatic imine (C=N–C) groups is 2. The monoisotopic (exact) mass is 555 g/mol. The summed E-state index contributed by atoms with van der Waals surface area (Å²) in [7, 11) is 1.59. The van der Waals surface area contributed by atoms with Crippen LogP contribution in [0.25, 0.3) is 0 Å². The Morgan fingerprint density at radius 3 is 2.45 bits per heavy atom. The molecule has 1 atom stereocenters. The van der Waals surface area contributed by atoms with Crippen LogP contribution < -0.4 is 15.4 Å². The number of nitrogens with one attached hydrogen (secondary N) is 2. The number of nitrogens with zero attached hydrogens (tertiary/aromatic N) is 3. The lowest BCUT2D eigenvalue weighted by atomic mass is 10.1. The van der Waals surface area contributed by atoms with Crippen LogP contribution in [-0.4, -0.2) is 52.5 Å². The Morgan fingerprint density at radius 1 is 0.900 bits per heavy atom. The molecule has 2 aliphatic rings. The molecule has 0 aliphatic carbocycles. The first-order chi connectivity index (χ1) is 19.5. The Kier molecular flexibility index (Phi) is 8.56. The highest BCUT2D eigenvalue weighted by atomic mass is 32.2. The molecule has 0 fully saturated rings. The van der Waals surface area contributed by atoms with Crippen molar-refractivity contribution in [1.29, 1.82) is 0 Å². The van der Waals surface area contributed by atoms with Crippen molar-refractivity contribution < 1.29 is 19.1 Å². The maximum absolute atomic E-state index is 13.0. The van der Waals surface area contributed by atoms with E-state index in [2.05, 4.69) is 15.6 Å². The van der Waals surface area contributed by atoms with E-state index in [0.717, 1.165) is 16.7 Å². The average molecular weight is 556 g/mol. The maximum Gasteiger partial charge on any atom is 0.270 e. The average Bonchev–Trinajstić information content (AvgIpc) is 3.33. The van der Waals surface area contributed by atoms with Gasteiger partial charge < -0.3 is 15.4 Å². The van der Waals surface area contributed by atoms with E-state index < -0.39 is 6.04 Å². The van der Waals surface area contributed by atoms with Crippen molar-refractivity contribution >= 4 is 46.2 Å². The minimum Gasteiger partial charge on any atom is -0.496 e. The second-order valence-corrected chi connectivity index (χ2v) is 10.2. The van der Waals surface area contributed by atoms with Crippen LogP contribution in [0.5, 0.6) is 5.75 Å². The second kappa shape index (κ2) is 12.6. The molecule has 0 saturated carbocycles. The molecule has 204 valence electrons. The zero-order chi connectivity index (χ0) is 27.9. The number of benzene rings is 3. The van der Waals surface area contributed by atoms with Crippen molar-refractivity contribution in [3.63, 3.8) is 0 Å². The third-order valence-corrected chi connectivity index (χ3v) is 7.54. The summed E-state index contributed by atoms with van der Waals surface area (Å²) >= 11 is 1.25. The normalized spacial score (nSPS) is 15.5. The van der Waals surface area contributed by atoms with Crippen LogP contribution in [0.4, 0.5) is 5.69 Å². The van der Waals surface area contributed by atoms with Crippen LogP contribution in [0, 0.1) is 0 Å². The van der Waals surface area contributed by atoms with Gasteiger partial charge in [-0.05, 0) is 30.2 Å². The number of hydrogen-bond donors (Lipinski definition) is 2. The lowest BCUT2D eigenvalue weighted by molar-refractivity contribution is -0.122. The van der Waals surface area contributed by atoms with Gasteiger partial charge in [-0.2, -0.15) is 4.99 Å². The van der Waals surface area contributed by atoms with E-state index in [9.17, 15) is 14.4 Å². The molecule has 2 N–H and O–H groups in total. The van der Waals surface area contributed by atoms with Crippen molar-refractivity contribution in [3.8, 4) is 5.75 Å². The third kappa shape index (κ3) is 6.23. The van der Waals surface area contributed by atoms with E-state index in [4.69, 9.17) is 9.73 Å². The summed E-state index contributed by atoms with van der Waals surface area (Å²) in [4.78, 5) is 49.3. The first-order valence-corrected chi connectivity index (χ1v) is 13.9. The lowest BCUT2D eigenvalue weighted by Crippen LogP contribution is -2.44. The van der Waals surface area contributed by atoms with Gasteiger partial charge in [0.05, 0.1) is 18.6 Å². The molecule has 2 aliphatic heterocycles. The molecule has 0 saturated heterocycles. The smallest absolute Gasteiger partial charge is 0.270 e. The quantitative estimate of drug-likeness (QED) is 0.394. The van der Waals surface area contributed by atoms with Crippen LogP contribution in [0.3, 0.4) is 0 Å². The topological polar surface area (TPSA) is 112 Å². The highest BCUT2D eigenvalue weighted by Gasteiger charge is 2.41. The van der Waals surface area contributed by atoms with E-state index >= 15 is 0 Å². The molecule has 0 bridgehead atoms. The Labute approximate surface area is 236 Å². The van der Waals surface area contributed by atoms with E-state index in [-0.39, 0.29) is 36.3 Å². The molecule has 9 nitrogen and oxygen atoms in total. The molecular formula is C30H29N5O4S. The maximum atomic E-state index is 13.0. The highest BCUT2D eigenvalue weighted by molar-refractivity contribution is 8.14. The zero-order valence-electron chi connectivity index (χ0n) is 22.0. The van der Waals surface area contributed by atoms with Gasteiger partial charge in [-0.15, -0.1) is 0 Å². The third-order valence-electron chi connectivity index (χ3n) is 6.59. The first kappa shape index (κ1) is 27.1. The minimum atomic E-state index is -0.681. The number of hydrogen-bond acceptors (Lipinski definition) is 7. The summed E-state index contributed by atoms with van der Waals surface area (Å²) < 4.78 is 5.35. The van der Waals surface area contributed by atoms with Gasteiger partial charge in [-0.1, -0.05) is 72.4 Å². The van der Waals surface area contributed by atoms with Crippen molar-refractivity contribution in [2.45, 2.75) is 32.0 Å². The highest BCUT2D eigenvalue weighted by Crippen LogP contribution is 2.35. The van der Waals surface area contributed by atoms with Gasteiger partial charge >= 0.3 is 0 Å². The number of carbonyl (C=O) groups excluding carboxylic acids is 3. The second-order valence-electron chi connectivity index (χ2n) is 9.25. The largest absolute Gasteiger partial charge is 0.496 e. The molecule has 1 unspecified atom stereocenters. The minimum absolute atomic E-state index is 0.123. The van der Waals surface area contributed by atoms with Crippen LogP contribution in [0.1, 0.15) is 29.5 Å². The number of amidine groups is 2. The fraction of sp³-hybridized carbons (Fsp3) is 0.233. The van der Waals surface area contributed by atoms with Crippen molar-refractivity contribution in [3.05, 3.63) is 95.6 Å². The Balaban J connectivity index is 1.24. The number of thioether (sulfide) groups is 1. The van der Waals surface area contributed by atoms with Gasteiger partial charge in [0.25, 0.3) is 5.91 Å². The van der Waals surface area contributed by atoms with Gasteiger partial charge in [0.2, 0.25) is 11.8 Å². The van der Waals surface area contributed by atoms with Crippen molar-refractivity contribution in [2.75, 3.05) is 12.9 Å². The number of para-hydroxylation sites is 2. The molecule has 0 radical (unpaired) electrons. The van der Waals surface area contributed by atoms with Crippen molar-refractivity contribution in [1.82, 2.24) is 15.5 Å². The Morgan fingerprint density at radius 2 is 1.62 bits per heavy atom. The van der Waals surface area contributed by atoms with E-state index in [0.29, 0.717) is 35.5 Å². The molecule has 3 aromatic rings. The van der Waals surface area contributed by atoms with E-state index in [1.807, 2.05) is 78.9 Å². The summed E-state index contributed by atoms with van der Waals surface area (Å²) in [5, 5.41) is 6.34. The summed E-state index contributed by atoms with van der Waals surface area (Å²) in [6.07, 6.45) is 0.382. The summed E-state index contributed by atoms with van der Waals surface area (Å²) in [5.74, 6) is 0.665. The van der Waals surface area contributed by atoms with Gasteiger partial charge in [-0.25, -0.2) is 4.99 Å². The number of amides is 3. The molecule has 3 aromatic carbocycles. The van der Waals surface area contributed by atoms with Gasteiger partial charge in [0.15, 0.2) is 5.17 Å². The molecular weight excluding hydrogens is 526 g/mol. The molecule has 0 aromatic heterocycles. The van der Waals surface area contributed by atoms with E-state index in [1.54, 1.807) is 12.0 Å². The Bertz CT molecular complexity index is 1470.